The smallest absolute Gasteiger partial charge is 0.306 e. The van der Waals surface area contributed by atoms with Crippen molar-refractivity contribution in [3.63, 3.8) is 0 Å². The Kier molecular flexibility index (Phi) is 6.91. The van der Waals surface area contributed by atoms with Crippen LogP contribution in [-0.4, -0.2) is 55.6 Å². The van der Waals surface area contributed by atoms with Gasteiger partial charge in [-0.3, -0.25) is 9.69 Å². The number of likely N-dealkylation sites (N-methyl/N-ethyl adjacent to an activating group) is 1. The maximum Gasteiger partial charge on any atom is 0.306 e. The monoisotopic (exact) mass is 351 g/mol. The molecule has 2 unspecified atom stereocenters. The Morgan fingerprint density at radius 1 is 1.32 bits per heavy atom. The Labute approximate surface area is 151 Å². The van der Waals surface area contributed by atoms with Crippen molar-refractivity contribution in [3.05, 3.63) is 12.2 Å². The molecule has 0 N–H and O–H groups in total. The normalized spacial score (nSPS) is 32.8. The average molecular weight is 351 g/mol. The van der Waals surface area contributed by atoms with Crippen LogP contribution in [0.1, 0.15) is 58.3 Å². The van der Waals surface area contributed by atoms with Crippen molar-refractivity contribution < 1.29 is 19.0 Å². The van der Waals surface area contributed by atoms with Gasteiger partial charge in [0.25, 0.3) is 0 Å². The van der Waals surface area contributed by atoms with Gasteiger partial charge >= 0.3 is 5.97 Å². The van der Waals surface area contributed by atoms with E-state index < -0.39 is 0 Å². The highest BCUT2D eigenvalue weighted by Crippen LogP contribution is 2.34. The van der Waals surface area contributed by atoms with Crippen molar-refractivity contribution in [3.8, 4) is 0 Å². The molecule has 0 amide bonds. The van der Waals surface area contributed by atoms with Crippen LogP contribution in [0.5, 0.6) is 0 Å². The second-order valence-electron chi connectivity index (χ2n) is 7.69. The van der Waals surface area contributed by atoms with Gasteiger partial charge in [-0.2, -0.15) is 0 Å². The highest BCUT2D eigenvalue weighted by Gasteiger charge is 2.43. The third-order valence-electron chi connectivity index (χ3n) is 5.64. The minimum Gasteiger partial charge on any atom is -0.458 e. The number of ether oxygens (including phenoxy) is 3. The number of esters is 1. The minimum atomic E-state index is -0.0656. The molecular weight excluding hydrogens is 318 g/mol. The first-order valence-electron chi connectivity index (χ1n) is 10.0. The molecule has 2 fully saturated rings. The summed E-state index contributed by atoms with van der Waals surface area (Å²) in [6.07, 6.45) is 12.9. The summed E-state index contributed by atoms with van der Waals surface area (Å²) in [7, 11) is 2.14. The molecular formula is C20H33NO4. The highest BCUT2D eigenvalue weighted by atomic mass is 16.7. The lowest BCUT2D eigenvalue weighted by atomic mass is 9.97. The molecule has 1 aliphatic carbocycles. The van der Waals surface area contributed by atoms with E-state index in [1.807, 2.05) is 6.08 Å². The summed E-state index contributed by atoms with van der Waals surface area (Å²) in [6.45, 7) is 3.92. The van der Waals surface area contributed by atoms with Gasteiger partial charge in [0.1, 0.15) is 6.10 Å². The molecule has 142 valence electrons. The van der Waals surface area contributed by atoms with Gasteiger partial charge in [-0.25, -0.2) is 0 Å². The fourth-order valence-electron chi connectivity index (χ4n) is 4.23. The van der Waals surface area contributed by atoms with Crippen LogP contribution in [-0.2, 0) is 19.0 Å². The maximum atomic E-state index is 11.6. The third kappa shape index (κ3) is 5.05. The first kappa shape index (κ1) is 18.9. The van der Waals surface area contributed by atoms with Crippen LogP contribution in [0.15, 0.2) is 12.2 Å². The van der Waals surface area contributed by atoms with Gasteiger partial charge in [-0.05, 0) is 38.8 Å². The summed E-state index contributed by atoms with van der Waals surface area (Å²) in [5.74, 6) is 0.198. The van der Waals surface area contributed by atoms with E-state index in [1.54, 1.807) is 0 Å². The Balaban J connectivity index is 1.54. The van der Waals surface area contributed by atoms with Crippen molar-refractivity contribution in [1.29, 1.82) is 0 Å². The first-order valence-corrected chi connectivity index (χ1v) is 10.0. The van der Waals surface area contributed by atoms with Gasteiger partial charge in [0.05, 0.1) is 12.5 Å². The van der Waals surface area contributed by atoms with Crippen LogP contribution in [0, 0.1) is 5.92 Å². The number of rotatable bonds is 9. The average Bonchev–Trinajstić information content (AvgIpc) is 3.14. The topological polar surface area (TPSA) is 48.0 Å². The predicted molar refractivity (Wildman–Crippen MR) is 96.2 cm³/mol. The van der Waals surface area contributed by atoms with Gasteiger partial charge in [0, 0.05) is 25.1 Å². The summed E-state index contributed by atoms with van der Waals surface area (Å²) < 4.78 is 17.5. The van der Waals surface area contributed by atoms with Gasteiger partial charge in [-0.1, -0.05) is 32.3 Å². The summed E-state index contributed by atoms with van der Waals surface area (Å²) >= 11 is 0. The molecule has 2 aliphatic heterocycles. The van der Waals surface area contributed by atoms with Gasteiger partial charge in [0.2, 0.25) is 0 Å². The van der Waals surface area contributed by atoms with E-state index in [9.17, 15) is 4.79 Å². The van der Waals surface area contributed by atoms with Crippen LogP contribution in [0.3, 0.4) is 0 Å². The molecule has 5 heteroatoms. The molecule has 0 saturated carbocycles. The Morgan fingerprint density at radius 2 is 2.20 bits per heavy atom. The number of hydrogen-bond acceptors (Lipinski definition) is 5. The SMILES string of the molecule is CCCCCC(CN(C)[C@@H]1C=C[C@H]2OC(=O)C[C@@H]12)OC1CCCCO1. The van der Waals surface area contributed by atoms with Gasteiger partial charge in [0.15, 0.2) is 6.29 Å². The first-order chi connectivity index (χ1) is 12.2. The molecule has 25 heavy (non-hydrogen) atoms. The van der Waals surface area contributed by atoms with Crippen LogP contribution in [0.25, 0.3) is 0 Å². The third-order valence-corrected chi connectivity index (χ3v) is 5.64. The second kappa shape index (κ2) is 9.15. The summed E-state index contributed by atoms with van der Waals surface area (Å²) in [6, 6.07) is 0.265. The molecule has 3 aliphatic rings. The van der Waals surface area contributed by atoms with E-state index >= 15 is 0 Å². The lowest BCUT2D eigenvalue weighted by molar-refractivity contribution is -0.192. The van der Waals surface area contributed by atoms with E-state index in [2.05, 4.69) is 24.9 Å². The Bertz CT molecular complexity index is 461. The largest absolute Gasteiger partial charge is 0.458 e. The van der Waals surface area contributed by atoms with E-state index in [-0.39, 0.29) is 36.4 Å². The molecule has 2 saturated heterocycles. The number of carbonyl (C=O) groups is 1. The summed E-state index contributed by atoms with van der Waals surface area (Å²) in [5, 5.41) is 0. The van der Waals surface area contributed by atoms with Crippen molar-refractivity contribution in [2.24, 2.45) is 5.92 Å². The fourth-order valence-corrected chi connectivity index (χ4v) is 4.23. The number of carbonyl (C=O) groups excluding carboxylic acids is 1. The fraction of sp³-hybridized carbons (Fsp3) is 0.850. The van der Waals surface area contributed by atoms with Crippen molar-refractivity contribution >= 4 is 5.97 Å². The van der Waals surface area contributed by atoms with E-state index in [1.165, 1.54) is 25.7 Å². The van der Waals surface area contributed by atoms with E-state index in [4.69, 9.17) is 14.2 Å². The molecule has 0 aromatic heterocycles. The maximum absolute atomic E-state index is 11.6. The highest BCUT2D eigenvalue weighted by molar-refractivity contribution is 5.73. The van der Waals surface area contributed by atoms with Crippen LogP contribution in [0.4, 0.5) is 0 Å². The second-order valence-corrected chi connectivity index (χ2v) is 7.69. The lowest BCUT2D eigenvalue weighted by Crippen LogP contribution is -2.42. The standard InChI is InChI=1S/C20H33NO4/c1-3-4-5-8-15(24-20-9-6-7-12-23-20)14-21(2)17-10-11-18-16(17)13-19(22)25-18/h10-11,15-18,20H,3-9,12-14H2,1-2H3/t15?,16-,17+,18+,20?/m0/s1. The molecule has 3 rings (SSSR count). The van der Waals surface area contributed by atoms with Gasteiger partial charge < -0.3 is 14.2 Å². The Morgan fingerprint density at radius 3 is 2.96 bits per heavy atom. The number of unbranched alkanes of at least 4 members (excludes halogenated alkanes) is 2. The van der Waals surface area contributed by atoms with Crippen LogP contribution < -0.4 is 0 Å². The zero-order chi connectivity index (χ0) is 17.6. The zero-order valence-electron chi connectivity index (χ0n) is 15.7. The van der Waals surface area contributed by atoms with Crippen molar-refractivity contribution in [2.45, 2.75) is 82.8 Å². The van der Waals surface area contributed by atoms with E-state index in [0.29, 0.717) is 6.42 Å². The lowest BCUT2D eigenvalue weighted by Gasteiger charge is -2.33. The van der Waals surface area contributed by atoms with Crippen LogP contribution in [0.2, 0.25) is 0 Å². The molecule has 0 aromatic rings. The molecule has 0 aromatic carbocycles. The molecule has 0 spiro atoms. The number of hydrogen-bond donors (Lipinski definition) is 0. The summed E-state index contributed by atoms with van der Waals surface area (Å²) in [5.41, 5.74) is 0. The number of nitrogens with zero attached hydrogens (tertiary/aromatic N) is 1. The predicted octanol–water partition coefficient (Wildman–Crippen LogP) is 3.28. The zero-order valence-corrected chi connectivity index (χ0v) is 15.7. The molecule has 5 nitrogen and oxygen atoms in total. The minimum absolute atomic E-state index is 0.0268. The molecule has 2 heterocycles. The Hall–Kier alpha value is -0.910. The molecule has 0 bridgehead atoms. The van der Waals surface area contributed by atoms with Gasteiger partial charge in [-0.15, -0.1) is 0 Å². The summed E-state index contributed by atoms with van der Waals surface area (Å²) in [4.78, 5) is 13.9. The van der Waals surface area contributed by atoms with Crippen molar-refractivity contribution in [1.82, 2.24) is 4.90 Å². The molecule has 0 radical (unpaired) electrons. The number of fused-ring (bicyclic) bond motifs is 1. The van der Waals surface area contributed by atoms with Crippen molar-refractivity contribution in [2.75, 3.05) is 20.2 Å². The quantitative estimate of drug-likeness (QED) is 0.362. The van der Waals surface area contributed by atoms with Crippen LogP contribution >= 0.6 is 0 Å². The molecule has 5 atom stereocenters. The van der Waals surface area contributed by atoms with E-state index in [0.717, 1.165) is 32.4 Å².